The molecule has 0 aliphatic carbocycles. The number of rotatable bonds is 7. The van der Waals surface area contributed by atoms with Crippen LogP contribution in [0.15, 0.2) is 78.9 Å². The molecule has 0 bridgehead atoms. The van der Waals surface area contributed by atoms with Gasteiger partial charge in [0, 0.05) is 23.4 Å². The van der Waals surface area contributed by atoms with Gasteiger partial charge in [0.05, 0.1) is 5.56 Å². The second kappa shape index (κ2) is 9.00. The van der Waals surface area contributed by atoms with Crippen molar-refractivity contribution in [3.63, 3.8) is 0 Å². The third-order valence-corrected chi connectivity index (χ3v) is 4.42. The SMILES string of the molecule is CCNc1ccccc1C(=O)OC(C(=O)c1ccc(C)cc1)c1ccccc1. The highest BCUT2D eigenvalue weighted by atomic mass is 16.5. The molecule has 0 fully saturated rings. The maximum absolute atomic E-state index is 13.1. The zero-order chi connectivity index (χ0) is 19.9. The Morgan fingerprint density at radius 2 is 1.54 bits per heavy atom. The van der Waals surface area contributed by atoms with Crippen LogP contribution in [0.5, 0.6) is 0 Å². The molecule has 0 aliphatic rings. The summed E-state index contributed by atoms with van der Waals surface area (Å²) in [4.78, 5) is 26.0. The van der Waals surface area contributed by atoms with E-state index in [0.717, 1.165) is 5.56 Å². The molecule has 1 unspecified atom stereocenters. The fourth-order valence-electron chi connectivity index (χ4n) is 2.95. The number of benzene rings is 3. The Morgan fingerprint density at radius 1 is 0.893 bits per heavy atom. The van der Waals surface area contributed by atoms with E-state index in [1.54, 1.807) is 36.4 Å². The van der Waals surface area contributed by atoms with Crippen LogP contribution in [0.4, 0.5) is 5.69 Å². The van der Waals surface area contributed by atoms with E-state index in [-0.39, 0.29) is 5.78 Å². The molecule has 3 aromatic rings. The molecule has 0 saturated heterocycles. The van der Waals surface area contributed by atoms with Gasteiger partial charge in [0.1, 0.15) is 0 Å². The number of anilines is 1. The molecular formula is C24H23NO3. The molecule has 1 atom stereocenters. The first-order valence-electron chi connectivity index (χ1n) is 9.30. The van der Waals surface area contributed by atoms with E-state index >= 15 is 0 Å². The highest BCUT2D eigenvalue weighted by Crippen LogP contribution is 2.26. The third kappa shape index (κ3) is 4.46. The minimum absolute atomic E-state index is 0.250. The van der Waals surface area contributed by atoms with Gasteiger partial charge < -0.3 is 10.1 Å². The van der Waals surface area contributed by atoms with E-state index < -0.39 is 12.1 Å². The number of hydrogen-bond donors (Lipinski definition) is 1. The van der Waals surface area contributed by atoms with Crippen molar-refractivity contribution in [3.05, 3.63) is 101 Å². The molecule has 0 amide bonds. The summed E-state index contributed by atoms with van der Waals surface area (Å²) in [5.74, 6) is -0.786. The lowest BCUT2D eigenvalue weighted by atomic mass is 9.99. The number of carbonyl (C=O) groups excluding carboxylic acids is 2. The predicted octanol–water partition coefficient (Wildman–Crippen LogP) is 5.21. The number of esters is 1. The average Bonchev–Trinajstić information content (AvgIpc) is 2.73. The van der Waals surface area contributed by atoms with Gasteiger partial charge in [-0.05, 0) is 26.0 Å². The highest BCUT2D eigenvalue weighted by Gasteiger charge is 2.27. The fourth-order valence-corrected chi connectivity index (χ4v) is 2.95. The topological polar surface area (TPSA) is 55.4 Å². The molecule has 0 aromatic heterocycles. The molecule has 0 radical (unpaired) electrons. The Labute approximate surface area is 165 Å². The number of nitrogens with one attached hydrogen (secondary N) is 1. The molecule has 3 rings (SSSR count). The van der Waals surface area contributed by atoms with Crippen molar-refractivity contribution >= 4 is 17.4 Å². The molecule has 0 saturated carbocycles. The van der Waals surface area contributed by atoms with E-state index in [9.17, 15) is 9.59 Å². The van der Waals surface area contributed by atoms with Crippen LogP contribution in [0.3, 0.4) is 0 Å². The van der Waals surface area contributed by atoms with Crippen molar-refractivity contribution in [2.45, 2.75) is 20.0 Å². The monoisotopic (exact) mass is 373 g/mol. The van der Waals surface area contributed by atoms with Crippen molar-refractivity contribution in [2.75, 3.05) is 11.9 Å². The van der Waals surface area contributed by atoms with Gasteiger partial charge in [-0.2, -0.15) is 0 Å². The molecule has 142 valence electrons. The first-order chi connectivity index (χ1) is 13.6. The Kier molecular flexibility index (Phi) is 6.22. The van der Waals surface area contributed by atoms with E-state index in [1.807, 2.05) is 56.3 Å². The molecule has 4 heteroatoms. The van der Waals surface area contributed by atoms with Crippen LogP contribution in [0.1, 0.15) is 44.9 Å². The first kappa shape index (κ1) is 19.4. The second-order valence-corrected chi connectivity index (χ2v) is 6.50. The van der Waals surface area contributed by atoms with Crippen molar-refractivity contribution in [3.8, 4) is 0 Å². The Hall–Kier alpha value is -3.40. The van der Waals surface area contributed by atoms with Crippen LogP contribution in [-0.2, 0) is 4.74 Å². The maximum atomic E-state index is 13.1. The quantitative estimate of drug-likeness (QED) is 0.456. The molecule has 4 nitrogen and oxygen atoms in total. The molecule has 3 aromatic carbocycles. The van der Waals surface area contributed by atoms with Gasteiger partial charge >= 0.3 is 5.97 Å². The van der Waals surface area contributed by atoms with Crippen LogP contribution in [-0.4, -0.2) is 18.3 Å². The summed E-state index contributed by atoms with van der Waals surface area (Å²) < 4.78 is 5.73. The largest absolute Gasteiger partial charge is 0.445 e. The van der Waals surface area contributed by atoms with Gasteiger partial charge in [0.25, 0.3) is 0 Å². The molecule has 1 N–H and O–H groups in total. The number of ketones is 1. The Balaban J connectivity index is 1.93. The van der Waals surface area contributed by atoms with Gasteiger partial charge in [-0.3, -0.25) is 4.79 Å². The summed E-state index contributed by atoms with van der Waals surface area (Å²) in [6.45, 7) is 4.59. The van der Waals surface area contributed by atoms with Crippen LogP contribution in [0, 0.1) is 6.92 Å². The minimum atomic E-state index is -1.01. The second-order valence-electron chi connectivity index (χ2n) is 6.50. The predicted molar refractivity (Wildman–Crippen MR) is 111 cm³/mol. The minimum Gasteiger partial charge on any atom is -0.445 e. The molecule has 0 spiro atoms. The van der Waals surface area contributed by atoms with Crippen LogP contribution < -0.4 is 5.32 Å². The smallest absolute Gasteiger partial charge is 0.341 e. The molecular weight excluding hydrogens is 350 g/mol. The molecule has 28 heavy (non-hydrogen) atoms. The summed E-state index contributed by atoms with van der Waals surface area (Å²) in [5, 5.41) is 3.15. The first-order valence-corrected chi connectivity index (χ1v) is 9.30. The van der Waals surface area contributed by atoms with Gasteiger partial charge in [0.15, 0.2) is 6.10 Å². The number of carbonyl (C=O) groups is 2. The summed E-state index contributed by atoms with van der Waals surface area (Å²) in [6.07, 6.45) is -1.01. The Bertz CT molecular complexity index is 949. The lowest BCUT2D eigenvalue weighted by Crippen LogP contribution is -2.21. The standard InChI is InChI=1S/C24H23NO3/c1-3-25-21-12-8-7-11-20(21)24(27)28-23(19-9-5-4-6-10-19)22(26)18-15-13-17(2)14-16-18/h4-16,23,25H,3H2,1-2H3. The van der Waals surface area contributed by atoms with Gasteiger partial charge in [-0.15, -0.1) is 0 Å². The summed E-state index contributed by atoms with van der Waals surface area (Å²) in [7, 11) is 0. The maximum Gasteiger partial charge on any atom is 0.341 e. The van der Waals surface area contributed by atoms with Crippen LogP contribution >= 0.6 is 0 Å². The van der Waals surface area contributed by atoms with Crippen molar-refractivity contribution in [1.29, 1.82) is 0 Å². The van der Waals surface area contributed by atoms with E-state index in [0.29, 0.717) is 28.9 Å². The summed E-state index contributed by atoms with van der Waals surface area (Å²) in [6, 6.07) is 23.5. The zero-order valence-electron chi connectivity index (χ0n) is 16.0. The van der Waals surface area contributed by atoms with Crippen molar-refractivity contribution in [2.24, 2.45) is 0 Å². The van der Waals surface area contributed by atoms with Crippen LogP contribution in [0.25, 0.3) is 0 Å². The number of hydrogen-bond acceptors (Lipinski definition) is 4. The summed E-state index contributed by atoms with van der Waals surface area (Å²) in [5.41, 5.74) is 3.30. The normalized spacial score (nSPS) is 11.5. The highest BCUT2D eigenvalue weighted by molar-refractivity contribution is 6.03. The van der Waals surface area contributed by atoms with Gasteiger partial charge in [-0.1, -0.05) is 72.3 Å². The lowest BCUT2D eigenvalue weighted by molar-refractivity contribution is 0.0281. The fraction of sp³-hybridized carbons (Fsp3) is 0.167. The Morgan fingerprint density at radius 3 is 2.21 bits per heavy atom. The van der Waals surface area contributed by atoms with E-state index in [1.165, 1.54) is 0 Å². The lowest BCUT2D eigenvalue weighted by Gasteiger charge is -2.19. The van der Waals surface area contributed by atoms with Gasteiger partial charge in [0.2, 0.25) is 5.78 Å². The number of aryl methyl sites for hydroxylation is 1. The number of para-hydroxylation sites is 1. The van der Waals surface area contributed by atoms with E-state index in [4.69, 9.17) is 4.74 Å². The summed E-state index contributed by atoms with van der Waals surface area (Å²) >= 11 is 0. The number of Topliss-reactive ketones (excluding diaryl/α,β-unsaturated/α-hetero) is 1. The molecule has 0 heterocycles. The van der Waals surface area contributed by atoms with E-state index in [2.05, 4.69) is 5.32 Å². The van der Waals surface area contributed by atoms with Gasteiger partial charge in [-0.25, -0.2) is 4.79 Å². The average molecular weight is 373 g/mol. The zero-order valence-corrected chi connectivity index (χ0v) is 16.0. The molecule has 0 aliphatic heterocycles. The number of ether oxygens (including phenoxy) is 1. The van der Waals surface area contributed by atoms with Crippen LogP contribution in [0.2, 0.25) is 0 Å². The van der Waals surface area contributed by atoms with Crippen molar-refractivity contribution < 1.29 is 14.3 Å². The van der Waals surface area contributed by atoms with Crippen molar-refractivity contribution in [1.82, 2.24) is 0 Å². The third-order valence-electron chi connectivity index (χ3n) is 4.42.